The van der Waals surface area contributed by atoms with Gasteiger partial charge in [0, 0.05) is 37.6 Å². The summed E-state index contributed by atoms with van der Waals surface area (Å²) in [4.78, 5) is 19.7. The summed E-state index contributed by atoms with van der Waals surface area (Å²) in [5, 5.41) is 5.77. The molecule has 2 aromatic heterocycles. The van der Waals surface area contributed by atoms with E-state index in [2.05, 4.69) is 22.1 Å². The normalized spacial score (nSPS) is 19.0. The zero-order valence-corrected chi connectivity index (χ0v) is 17.1. The van der Waals surface area contributed by atoms with Crippen LogP contribution in [0.2, 0.25) is 0 Å². The number of para-hydroxylation sites is 1. The molecule has 2 fully saturated rings. The number of carbonyl (C=O) groups excluding carboxylic acids is 1. The van der Waals surface area contributed by atoms with E-state index >= 15 is 0 Å². The largest absolute Gasteiger partial charge is 0.335 e. The van der Waals surface area contributed by atoms with Crippen LogP contribution < -0.4 is 0 Å². The standard InChI is InChI=1S/C22H26N4OS/c1-16-19-15-20(28-22(19)26(23-16)18-9-3-2-4-10-18)21(27)25-13-11-24(12-14-25)17-7-5-6-8-17/h2-4,9-10,15,17H,5-8,11-14H2,1H3. The van der Waals surface area contributed by atoms with Gasteiger partial charge in [-0.05, 0) is 38.0 Å². The average molecular weight is 395 g/mol. The van der Waals surface area contributed by atoms with E-state index in [1.807, 2.05) is 40.8 Å². The monoisotopic (exact) mass is 394 g/mol. The number of amides is 1. The van der Waals surface area contributed by atoms with Crippen LogP contribution in [0.15, 0.2) is 36.4 Å². The number of fused-ring (bicyclic) bond motifs is 1. The first kappa shape index (κ1) is 17.9. The highest BCUT2D eigenvalue weighted by Crippen LogP contribution is 2.31. The van der Waals surface area contributed by atoms with Gasteiger partial charge in [0.05, 0.1) is 16.3 Å². The van der Waals surface area contributed by atoms with Crippen LogP contribution in [0.25, 0.3) is 15.9 Å². The highest BCUT2D eigenvalue weighted by molar-refractivity contribution is 7.20. The second-order valence-corrected chi connectivity index (χ2v) is 8.96. The topological polar surface area (TPSA) is 41.4 Å². The number of benzene rings is 1. The number of rotatable bonds is 3. The molecule has 6 heteroatoms. The van der Waals surface area contributed by atoms with Gasteiger partial charge in [0.2, 0.25) is 0 Å². The molecule has 1 amide bonds. The van der Waals surface area contributed by atoms with Gasteiger partial charge in [-0.3, -0.25) is 9.69 Å². The summed E-state index contributed by atoms with van der Waals surface area (Å²) in [5.74, 6) is 0.172. The summed E-state index contributed by atoms with van der Waals surface area (Å²) < 4.78 is 1.96. The van der Waals surface area contributed by atoms with Crippen LogP contribution in [0.3, 0.4) is 0 Å². The van der Waals surface area contributed by atoms with Gasteiger partial charge in [-0.15, -0.1) is 11.3 Å². The van der Waals surface area contributed by atoms with E-state index < -0.39 is 0 Å². The molecule has 0 unspecified atom stereocenters. The quantitative estimate of drug-likeness (QED) is 0.672. The van der Waals surface area contributed by atoms with Gasteiger partial charge in [0.15, 0.2) is 0 Å². The second kappa shape index (κ2) is 7.33. The predicted octanol–water partition coefficient (Wildman–Crippen LogP) is 4.10. The summed E-state index contributed by atoms with van der Waals surface area (Å²) in [7, 11) is 0. The van der Waals surface area contributed by atoms with Gasteiger partial charge in [-0.2, -0.15) is 5.10 Å². The molecule has 1 saturated heterocycles. The minimum atomic E-state index is 0.172. The first-order chi connectivity index (χ1) is 13.7. The van der Waals surface area contributed by atoms with Crippen molar-refractivity contribution in [3.05, 3.63) is 47.0 Å². The SMILES string of the molecule is Cc1nn(-c2ccccc2)c2sc(C(=O)N3CCN(C4CCCC4)CC3)cc12. The van der Waals surface area contributed by atoms with Crippen LogP contribution in [0.5, 0.6) is 0 Å². The molecule has 1 aliphatic carbocycles. The molecule has 1 aromatic carbocycles. The number of nitrogens with zero attached hydrogens (tertiary/aromatic N) is 4. The zero-order chi connectivity index (χ0) is 19.1. The van der Waals surface area contributed by atoms with Crippen LogP contribution in [0.4, 0.5) is 0 Å². The highest BCUT2D eigenvalue weighted by Gasteiger charge is 2.29. The van der Waals surface area contributed by atoms with Crippen molar-refractivity contribution >= 4 is 27.5 Å². The van der Waals surface area contributed by atoms with E-state index in [9.17, 15) is 4.79 Å². The van der Waals surface area contributed by atoms with Crippen molar-refractivity contribution in [3.8, 4) is 5.69 Å². The van der Waals surface area contributed by atoms with Crippen molar-refractivity contribution < 1.29 is 4.79 Å². The van der Waals surface area contributed by atoms with E-state index in [1.54, 1.807) is 11.3 Å². The van der Waals surface area contributed by atoms with Gasteiger partial charge in [0.1, 0.15) is 4.83 Å². The molecule has 0 bridgehead atoms. The molecule has 0 spiro atoms. The Balaban J connectivity index is 1.36. The molecule has 0 radical (unpaired) electrons. The molecule has 0 atom stereocenters. The van der Waals surface area contributed by atoms with Crippen LogP contribution >= 0.6 is 11.3 Å². The number of hydrogen-bond acceptors (Lipinski definition) is 4. The van der Waals surface area contributed by atoms with Crippen molar-refractivity contribution in [2.75, 3.05) is 26.2 Å². The summed E-state index contributed by atoms with van der Waals surface area (Å²) in [6.45, 7) is 5.72. The Morgan fingerprint density at radius 3 is 2.50 bits per heavy atom. The van der Waals surface area contributed by atoms with E-state index in [0.29, 0.717) is 0 Å². The highest BCUT2D eigenvalue weighted by atomic mass is 32.1. The van der Waals surface area contributed by atoms with Crippen molar-refractivity contribution in [3.63, 3.8) is 0 Å². The lowest BCUT2D eigenvalue weighted by molar-refractivity contribution is 0.0578. The fourth-order valence-corrected chi connectivity index (χ4v) is 5.76. The van der Waals surface area contributed by atoms with E-state index in [1.165, 1.54) is 25.7 Å². The smallest absolute Gasteiger partial charge is 0.264 e. The van der Waals surface area contributed by atoms with Crippen LogP contribution in [-0.4, -0.2) is 57.7 Å². The van der Waals surface area contributed by atoms with Gasteiger partial charge >= 0.3 is 0 Å². The first-order valence-electron chi connectivity index (χ1n) is 10.3. The third-order valence-corrected chi connectivity index (χ3v) is 7.30. The third kappa shape index (κ3) is 3.14. The Hall–Kier alpha value is -2.18. The van der Waals surface area contributed by atoms with E-state index in [-0.39, 0.29) is 5.91 Å². The van der Waals surface area contributed by atoms with Crippen LogP contribution in [-0.2, 0) is 0 Å². The lowest BCUT2D eigenvalue weighted by Crippen LogP contribution is -2.51. The Labute approximate surface area is 169 Å². The lowest BCUT2D eigenvalue weighted by atomic mass is 10.2. The molecule has 0 N–H and O–H groups in total. The number of carbonyl (C=O) groups is 1. The Morgan fingerprint density at radius 2 is 1.79 bits per heavy atom. The third-order valence-electron chi connectivity index (χ3n) is 6.20. The number of piperazine rings is 1. The second-order valence-electron chi connectivity index (χ2n) is 7.93. The number of aryl methyl sites for hydroxylation is 1. The molecule has 1 saturated carbocycles. The minimum absolute atomic E-state index is 0.172. The fourth-order valence-electron chi connectivity index (χ4n) is 4.61. The Kier molecular flexibility index (Phi) is 4.69. The van der Waals surface area contributed by atoms with Crippen molar-refractivity contribution in [1.82, 2.24) is 19.6 Å². The molecule has 5 rings (SSSR count). The fraction of sp³-hybridized carbons (Fsp3) is 0.455. The Bertz CT molecular complexity index is 979. The predicted molar refractivity (Wildman–Crippen MR) is 113 cm³/mol. The molecule has 3 heterocycles. The van der Waals surface area contributed by atoms with Crippen LogP contribution in [0, 0.1) is 6.92 Å². The summed E-state index contributed by atoms with van der Waals surface area (Å²) in [6.07, 6.45) is 5.39. The maximum Gasteiger partial charge on any atom is 0.264 e. The maximum absolute atomic E-state index is 13.1. The lowest BCUT2D eigenvalue weighted by Gasteiger charge is -2.37. The van der Waals surface area contributed by atoms with Crippen LogP contribution in [0.1, 0.15) is 41.0 Å². The number of thiophene rings is 1. The van der Waals surface area contributed by atoms with Crippen molar-refractivity contribution in [2.24, 2.45) is 0 Å². The van der Waals surface area contributed by atoms with Gasteiger partial charge in [-0.1, -0.05) is 31.0 Å². The summed E-state index contributed by atoms with van der Waals surface area (Å²) >= 11 is 1.56. The van der Waals surface area contributed by atoms with Crippen molar-refractivity contribution in [1.29, 1.82) is 0 Å². The van der Waals surface area contributed by atoms with Gasteiger partial charge in [0.25, 0.3) is 5.91 Å². The van der Waals surface area contributed by atoms with E-state index in [4.69, 9.17) is 0 Å². The molecule has 146 valence electrons. The molecule has 28 heavy (non-hydrogen) atoms. The maximum atomic E-state index is 13.1. The number of hydrogen-bond donors (Lipinski definition) is 0. The Morgan fingerprint density at radius 1 is 1.07 bits per heavy atom. The molecule has 1 aliphatic heterocycles. The first-order valence-corrected chi connectivity index (χ1v) is 11.1. The zero-order valence-electron chi connectivity index (χ0n) is 16.3. The summed E-state index contributed by atoms with van der Waals surface area (Å²) in [6, 6.07) is 12.9. The van der Waals surface area contributed by atoms with Gasteiger partial charge in [-0.25, -0.2) is 4.68 Å². The minimum Gasteiger partial charge on any atom is -0.335 e. The summed E-state index contributed by atoms with van der Waals surface area (Å²) in [5.41, 5.74) is 2.01. The van der Waals surface area contributed by atoms with Crippen molar-refractivity contribution in [2.45, 2.75) is 38.6 Å². The molecule has 5 nitrogen and oxygen atoms in total. The molecule has 3 aromatic rings. The number of aromatic nitrogens is 2. The van der Waals surface area contributed by atoms with E-state index in [0.717, 1.165) is 58.7 Å². The molecular weight excluding hydrogens is 368 g/mol. The van der Waals surface area contributed by atoms with Gasteiger partial charge < -0.3 is 4.90 Å². The average Bonchev–Trinajstić information content (AvgIpc) is 3.47. The molecule has 2 aliphatic rings. The molecular formula is C22H26N4OS.